The lowest BCUT2D eigenvalue weighted by atomic mass is 10.2. The van der Waals surface area contributed by atoms with Gasteiger partial charge >= 0.3 is 6.18 Å². The highest BCUT2D eigenvalue weighted by atomic mass is 35.5. The number of ether oxygens (including phenoxy) is 1. The predicted octanol–water partition coefficient (Wildman–Crippen LogP) is 4.58. The Kier molecular flexibility index (Phi) is 5.27. The topological polar surface area (TPSA) is 35.2 Å². The van der Waals surface area contributed by atoms with Crippen molar-refractivity contribution >= 4 is 11.6 Å². The van der Waals surface area contributed by atoms with Crippen LogP contribution in [0.4, 0.5) is 13.2 Å². The molecule has 0 aromatic heterocycles. The molecule has 0 atom stereocenters. The van der Waals surface area contributed by atoms with Crippen LogP contribution in [-0.4, -0.2) is 0 Å². The minimum Gasteiger partial charge on any atom is -0.456 e. The van der Waals surface area contributed by atoms with E-state index in [4.69, 9.17) is 22.1 Å². The average molecular weight is 304 g/mol. The highest BCUT2D eigenvalue weighted by Crippen LogP contribution is 2.32. The van der Waals surface area contributed by atoms with Crippen molar-refractivity contribution in [3.05, 3.63) is 65.0 Å². The third kappa shape index (κ3) is 4.66. The number of halogens is 4. The molecule has 2 N–H and O–H groups in total. The maximum atomic E-state index is 12.5. The molecule has 1 rings (SSSR count). The van der Waals surface area contributed by atoms with Crippen molar-refractivity contribution < 1.29 is 17.9 Å². The molecule has 20 heavy (non-hydrogen) atoms. The van der Waals surface area contributed by atoms with Gasteiger partial charge in [0.05, 0.1) is 10.6 Å². The van der Waals surface area contributed by atoms with Crippen molar-refractivity contribution in [2.75, 3.05) is 0 Å². The summed E-state index contributed by atoms with van der Waals surface area (Å²) >= 11 is 5.88. The first-order valence-corrected chi connectivity index (χ1v) is 5.95. The molecule has 0 bridgehead atoms. The van der Waals surface area contributed by atoms with Gasteiger partial charge in [-0.05, 0) is 31.2 Å². The molecule has 0 aliphatic carbocycles. The standard InChI is InChI=1S/C14H13ClF3NO/c1-3-11(19)8-13(15)9(2)20-12-6-4-5-10(7-12)14(16,17)18/h3-8H,2,19H2,1H3/b11-3+,13-8+. The summed E-state index contributed by atoms with van der Waals surface area (Å²) in [6.45, 7) is 5.26. The maximum absolute atomic E-state index is 12.5. The van der Waals surface area contributed by atoms with E-state index in [1.54, 1.807) is 13.0 Å². The Labute approximate surface area is 120 Å². The largest absolute Gasteiger partial charge is 0.456 e. The first-order chi connectivity index (χ1) is 9.24. The van der Waals surface area contributed by atoms with Crippen LogP contribution < -0.4 is 10.5 Å². The van der Waals surface area contributed by atoms with Crippen LogP contribution >= 0.6 is 11.6 Å². The van der Waals surface area contributed by atoms with Gasteiger partial charge < -0.3 is 10.5 Å². The Morgan fingerprint density at radius 1 is 1.40 bits per heavy atom. The van der Waals surface area contributed by atoms with Gasteiger partial charge in [0.25, 0.3) is 0 Å². The van der Waals surface area contributed by atoms with Crippen molar-refractivity contribution in [2.24, 2.45) is 5.73 Å². The van der Waals surface area contributed by atoms with Crippen LogP contribution in [0.1, 0.15) is 12.5 Å². The van der Waals surface area contributed by atoms with Gasteiger partial charge in [-0.25, -0.2) is 0 Å². The van der Waals surface area contributed by atoms with Crippen molar-refractivity contribution in [3.8, 4) is 5.75 Å². The number of hydrogen-bond donors (Lipinski definition) is 1. The molecule has 0 fully saturated rings. The summed E-state index contributed by atoms with van der Waals surface area (Å²) in [7, 11) is 0. The summed E-state index contributed by atoms with van der Waals surface area (Å²) in [5.74, 6) is 0.00576. The Bertz CT molecular complexity index is 562. The molecule has 1 aromatic rings. The molecule has 2 nitrogen and oxygen atoms in total. The Morgan fingerprint density at radius 3 is 2.60 bits per heavy atom. The van der Waals surface area contributed by atoms with Crippen LogP contribution in [0.3, 0.4) is 0 Å². The monoisotopic (exact) mass is 303 g/mol. The third-order valence-corrected chi connectivity index (χ3v) is 2.62. The second kappa shape index (κ2) is 6.52. The number of allylic oxidation sites excluding steroid dienone is 3. The third-order valence-electron chi connectivity index (χ3n) is 2.30. The summed E-state index contributed by atoms with van der Waals surface area (Å²) < 4.78 is 42.8. The normalized spacial score (nSPS) is 13.2. The Morgan fingerprint density at radius 2 is 2.05 bits per heavy atom. The molecule has 0 saturated heterocycles. The van der Waals surface area contributed by atoms with Gasteiger partial charge in [0.2, 0.25) is 0 Å². The lowest BCUT2D eigenvalue weighted by Gasteiger charge is -2.11. The molecule has 0 unspecified atom stereocenters. The fourth-order valence-corrected chi connectivity index (χ4v) is 1.40. The minimum absolute atomic E-state index is 0.00424. The van der Waals surface area contributed by atoms with E-state index >= 15 is 0 Å². The van der Waals surface area contributed by atoms with Gasteiger partial charge in [-0.2, -0.15) is 13.2 Å². The van der Waals surface area contributed by atoms with Crippen LogP contribution in [0.2, 0.25) is 0 Å². The lowest BCUT2D eigenvalue weighted by molar-refractivity contribution is -0.137. The van der Waals surface area contributed by atoms with E-state index in [-0.39, 0.29) is 16.5 Å². The molecule has 0 aliphatic heterocycles. The van der Waals surface area contributed by atoms with E-state index in [9.17, 15) is 13.2 Å². The summed E-state index contributed by atoms with van der Waals surface area (Å²) in [5.41, 5.74) is 5.12. The SMILES string of the molecule is C=C(Oc1cccc(C(F)(F)F)c1)/C(Cl)=C\C(N)=C/C. The predicted molar refractivity (Wildman–Crippen MR) is 73.1 cm³/mol. The summed E-state index contributed by atoms with van der Waals surface area (Å²) in [4.78, 5) is 0. The van der Waals surface area contributed by atoms with Gasteiger partial charge in [-0.15, -0.1) is 0 Å². The van der Waals surface area contributed by atoms with Gasteiger partial charge in [-0.3, -0.25) is 0 Å². The number of rotatable bonds is 4. The quantitative estimate of drug-likeness (QED) is 0.652. The van der Waals surface area contributed by atoms with E-state index < -0.39 is 11.7 Å². The molecule has 0 amide bonds. The van der Waals surface area contributed by atoms with Crippen molar-refractivity contribution in [2.45, 2.75) is 13.1 Å². The van der Waals surface area contributed by atoms with Crippen LogP contribution in [-0.2, 0) is 6.18 Å². The van der Waals surface area contributed by atoms with E-state index in [2.05, 4.69) is 6.58 Å². The van der Waals surface area contributed by atoms with E-state index in [1.165, 1.54) is 18.2 Å². The smallest absolute Gasteiger partial charge is 0.416 e. The molecular formula is C14H13ClF3NO. The Balaban J connectivity index is 2.89. The van der Waals surface area contributed by atoms with Crippen molar-refractivity contribution in [3.63, 3.8) is 0 Å². The second-order valence-corrected chi connectivity index (χ2v) is 4.24. The zero-order chi connectivity index (χ0) is 15.3. The van der Waals surface area contributed by atoms with Crippen LogP contribution in [0.15, 0.2) is 59.5 Å². The molecule has 0 aliphatic rings. The fourth-order valence-electron chi connectivity index (χ4n) is 1.24. The summed E-state index contributed by atoms with van der Waals surface area (Å²) in [6, 6.07) is 4.44. The zero-order valence-corrected chi connectivity index (χ0v) is 11.4. The zero-order valence-electron chi connectivity index (χ0n) is 10.7. The van der Waals surface area contributed by atoms with E-state index in [0.29, 0.717) is 5.70 Å². The van der Waals surface area contributed by atoms with Gasteiger partial charge in [0.1, 0.15) is 11.5 Å². The van der Waals surface area contributed by atoms with Crippen LogP contribution in [0.25, 0.3) is 0 Å². The molecule has 1 aromatic carbocycles. The van der Waals surface area contributed by atoms with Gasteiger partial charge in [0.15, 0.2) is 0 Å². The molecule has 0 spiro atoms. The number of benzene rings is 1. The first-order valence-electron chi connectivity index (χ1n) is 5.57. The lowest BCUT2D eigenvalue weighted by Crippen LogP contribution is -2.05. The highest BCUT2D eigenvalue weighted by molar-refractivity contribution is 6.31. The molecule has 108 valence electrons. The van der Waals surface area contributed by atoms with E-state index in [0.717, 1.165) is 12.1 Å². The molecular weight excluding hydrogens is 291 g/mol. The fraction of sp³-hybridized carbons (Fsp3) is 0.143. The number of alkyl halides is 3. The second-order valence-electron chi connectivity index (χ2n) is 3.83. The molecule has 6 heteroatoms. The van der Waals surface area contributed by atoms with Gasteiger partial charge in [-0.1, -0.05) is 30.3 Å². The molecule has 0 radical (unpaired) electrons. The van der Waals surface area contributed by atoms with Crippen molar-refractivity contribution in [1.29, 1.82) is 0 Å². The Hall–Kier alpha value is -1.88. The first kappa shape index (κ1) is 16.2. The van der Waals surface area contributed by atoms with Crippen LogP contribution in [0, 0.1) is 0 Å². The molecule has 0 heterocycles. The highest BCUT2D eigenvalue weighted by Gasteiger charge is 2.30. The summed E-state index contributed by atoms with van der Waals surface area (Å²) in [6.07, 6.45) is -1.42. The maximum Gasteiger partial charge on any atom is 0.416 e. The summed E-state index contributed by atoms with van der Waals surface area (Å²) in [5, 5.41) is 0.109. The molecule has 0 saturated carbocycles. The number of hydrogen-bond acceptors (Lipinski definition) is 2. The van der Waals surface area contributed by atoms with Crippen molar-refractivity contribution in [1.82, 2.24) is 0 Å². The van der Waals surface area contributed by atoms with E-state index in [1.807, 2.05) is 0 Å². The van der Waals surface area contributed by atoms with Crippen LogP contribution in [0.5, 0.6) is 5.75 Å². The average Bonchev–Trinajstić information content (AvgIpc) is 2.37. The minimum atomic E-state index is -4.43. The number of nitrogens with two attached hydrogens (primary N) is 1. The van der Waals surface area contributed by atoms with Gasteiger partial charge in [0, 0.05) is 5.70 Å².